The molecule has 1 aromatic rings. The Bertz CT molecular complexity index is 358. The lowest BCUT2D eigenvalue weighted by Crippen LogP contribution is -2.10. The molecule has 3 nitrogen and oxygen atoms in total. The molecular weight excluding hydrogens is 178 g/mol. The van der Waals surface area contributed by atoms with Crippen molar-refractivity contribution in [3.63, 3.8) is 0 Å². The number of hydrogen-bond acceptors (Lipinski definition) is 2. The standard InChI is InChI=1S/C11H13NO2/c1-3-11(14)12-10-6-9(7-13)5-4-8(10)2/h4-7H,3H2,1-2H3,(H,12,14). The molecule has 1 aromatic carbocycles. The smallest absolute Gasteiger partial charge is 0.224 e. The maximum Gasteiger partial charge on any atom is 0.224 e. The lowest BCUT2D eigenvalue weighted by molar-refractivity contribution is -0.115. The van der Waals surface area contributed by atoms with Crippen LogP contribution in [0, 0.1) is 6.92 Å². The topological polar surface area (TPSA) is 46.2 Å². The summed E-state index contributed by atoms with van der Waals surface area (Å²) in [4.78, 5) is 21.6. The summed E-state index contributed by atoms with van der Waals surface area (Å²) in [5.74, 6) is -0.0452. The molecular formula is C11H13NO2. The largest absolute Gasteiger partial charge is 0.326 e. The van der Waals surface area contributed by atoms with E-state index in [9.17, 15) is 9.59 Å². The molecule has 0 bridgehead atoms. The van der Waals surface area contributed by atoms with Crippen molar-refractivity contribution >= 4 is 17.9 Å². The molecule has 74 valence electrons. The second-order valence-electron chi connectivity index (χ2n) is 3.09. The summed E-state index contributed by atoms with van der Waals surface area (Å²) < 4.78 is 0. The number of carbonyl (C=O) groups excluding carboxylic acids is 2. The summed E-state index contributed by atoms with van der Waals surface area (Å²) >= 11 is 0. The molecule has 0 fully saturated rings. The van der Waals surface area contributed by atoms with Crippen molar-refractivity contribution in [2.24, 2.45) is 0 Å². The molecule has 1 amide bonds. The minimum absolute atomic E-state index is 0.0452. The zero-order chi connectivity index (χ0) is 10.6. The first-order valence-electron chi connectivity index (χ1n) is 4.53. The molecule has 0 heterocycles. The molecule has 3 heteroatoms. The highest BCUT2D eigenvalue weighted by Crippen LogP contribution is 2.15. The number of rotatable bonds is 3. The van der Waals surface area contributed by atoms with E-state index >= 15 is 0 Å². The molecule has 0 atom stereocenters. The van der Waals surface area contributed by atoms with Crippen LogP contribution in [0.5, 0.6) is 0 Å². The van der Waals surface area contributed by atoms with Gasteiger partial charge in [0.25, 0.3) is 0 Å². The third kappa shape index (κ3) is 2.42. The molecule has 0 spiro atoms. The van der Waals surface area contributed by atoms with Crippen molar-refractivity contribution in [1.29, 1.82) is 0 Å². The van der Waals surface area contributed by atoms with Gasteiger partial charge in [-0.2, -0.15) is 0 Å². The van der Waals surface area contributed by atoms with Crippen molar-refractivity contribution in [3.8, 4) is 0 Å². The highest BCUT2D eigenvalue weighted by molar-refractivity contribution is 5.92. The average Bonchev–Trinajstić information content (AvgIpc) is 2.21. The number of anilines is 1. The van der Waals surface area contributed by atoms with Crippen molar-refractivity contribution in [2.75, 3.05) is 5.32 Å². The lowest BCUT2D eigenvalue weighted by Gasteiger charge is -2.07. The van der Waals surface area contributed by atoms with E-state index in [1.54, 1.807) is 19.1 Å². The predicted molar refractivity (Wildman–Crippen MR) is 55.5 cm³/mol. The van der Waals surface area contributed by atoms with Gasteiger partial charge >= 0.3 is 0 Å². The first-order valence-corrected chi connectivity index (χ1v) is 4.53. The van der Waals surface area contributed by atoms with Crippen LogP contribution in [0.3, 0.4) is 0 Å². The van der Waals surface area contributed by atoms with Gasteiger partial charge in [0.05, 0.1) is 0 Å². The van der Waals surface area contributed by atoms with E-state index in [-0.39, 0.29) is 5.91 Å². The van der Waals surface area contributed by atoms with E-state index in [1.807, 2.05) is 13.0 Å². The van der Waals surface area contributed by atoms with Crippen LogP contribution in [0.4, 0.5) is 5.69 Å². The molecule has 0 radical (unpaired) electrons. The number of aryl methyl sites for hydroxylation is 1. The Hall–Kier alpha value is -1.64. The third-order valence-electron chi connectivity index (χ3n) is 1.99. The maximum atomic E-state index is 11.1. The van der Waals surface area contributed by atoms with Gasteiger partial charge < -0.3 is 5.32 Å². The maximum absolute atomic E-state index is 11.1. The van der Waals surface area contributed by atoms with E-state index in [0.29, 0.717) is 17.7 Å². The fourth-order valence-corrected chi connectivity index (χ4v) is 1.09. The molecule has 0 saturated carbocycles. The molecule has 0 aliphatic rings. The Morgan fingerprint density at radius 2 is 2.21 bits per heavy atom. The highest BCUT2D eigenvalue weighted by atomic mass is 16.1. The summed E-state index contributed by atoms with van der Waals surface area (Å²) in [6.07, 6.45) is 1.20. The Labute approximate surface area is 83.1 Å². The van der Waals surface area contributed by atoms with Gasteiger partial charge in [-0.05, 0) is 18.6 Å². The molecule has 0 aliphatic heterocycles. The summed E-state index contributed by atoms with van der Waals surface area (Å²) in [6, 6.07) is 5.22. The van der Waals surface area contributed by atoms with Crippen molar-refractivity contribution in [3.05, 3.63) is 29.3 Å². The second kappa shape index (κ2) is 4.56. The number of nitrogens with one attached hydrogen (secondary N) is 1. The summed E-state index contributed by atoms with van der Waals surface area (Å²) in [6.45, 7) is 3.67. The van der Waals surface area contributed by atoms with Crippen LogP contribution in [0.2, 0.25) is 0 Å². The van der Waals surface area contributed by atoms with E-state index in [4.69, 9.17) is 0 Å². The molecule has 0 saturated heterocycles. The lowest BCUT2D eigenvalue weighted by atomic mass is 10.1. The monoisotopic (exact) mass is 191 g/mol. The summed E-state index contributed by atoms with van der Waals surface area (Å²) in [5.41, 5.74) is 2.24. The predicted octanol–water partition coefficient (Wildman–Crippen LogP) is 2.16. The Balaban J connectivity index is 2.94. The van der Waals surface area contributed by atoms with Crippen LogP contribution in [-0.4, -0.2) is 12.2 Å². The van der Waals surface area contributed by atoms with Gasteiger partial charge in [-0.15, -0.1) is 0 Å². The van der Waals surface area contributed by atoms with Crippen molar-refractivity contribution in [1.82, 2.24) is 0 Å². The SMILES string of the molecule is CCC(=O)Nc1cc(C=O)ccc1C. The van der Waals surface area contributed by atoms with E-state index in [0.717, 1.165) is 11.8 Å². The molecule has 0 unspecified atom stereocenters. The van der Waals surface area contributed by atoms with E-state index < -0.39 is 0 Å². The molecule has 1 rings (SSSR count). The van der Waals surface area contributed by atoms with Gasteiger partial charge in [0.2, 0.25) is 5.91 Å². The second-order valence-corrected chi connectivity index (χ2v) is 3.09. The zero-order valence-corrected chi connectivity index (χ0v) is 8.33. The quantitative estimate of drug-likeness (QED) is 0.744. The van der Waals surface area contributed by atoms with Gasteiger partial charge in [-0.3, -0.25) is 9.59 Å². The van der Waals surface area contributed by atoms with Gasteiger partial charge in [0, 0.05) is 17.7 Å². The number of hydrogen-bond donors (Lipinski definition) is 1. The molecule has 0 aromatic heterocycles. The summed E-state index contributed by atoms with van der Waals surface area (Å²) in [5, 5.41) is 2.74. The Kier molecular flexibility index (Phi) is 3.40. The fraction of sp³-hybridized carbons (Fsp3) is 0.273. The Morgan fingerprint density at radius 3 is 2.79 bits per heavy atom. The van der Waals surface area contributed by atoms with Gasteiger partial charge in [-0.25, -0.2) is 0 Å². The van der Waals surface area contributed by atoms with Crippen LogP contribution in [0.15, 0.2) is 18.2 Å². The van der Waals surface area contributed by atoms with Crippen molar-refractivity contribution < 1.29 is 9.59 Å². The van der Waals surface area contributed by atoms with E-state index in [2.05, 4.69) is 5.32 Å². The van der Waals surface area contributed by atoms with Crippen molar-refractivity contribution in [2.45, 2.75) is 20.3 Å². The van der Waals surface area contributed by atoms with Crippen LogP contribution >= 0.6 is 0 Å². The van der Waals surface area contributed by atoms with Gasteiger partial charge in [0.15, 0.2) is 0 Å². The first-order chi connectivity index (χ1) is 6.67. The fourth-order valence-electron chi connectivity index (χ4n) is 1.09. The summed E-state index contributed by atoms with van der Waals surface area (Å²) in [7, 11) is 0. The Morgan fingerprint density at radius 1 is 1.50 bits per heavy atom. The number of aldehydes is 1. The minimum Gasteiger partial charge on any atom is -0.326 e. The number of carbonyl (C=O) groups is 2. The number of amides is 1. The van der Waals surface area contributed by atoms with Crippen LogP contribution in [0.25, 0.3) is 0 Å². The molecule has 14 heavy (non-hydrogen) atoms. The molecule has 0 aliphatic carbocycles. The highest BCUT2D eigenvalue weighted by Gasteiger charge is 2.03. The normalized spacial score (nSPS) is 9.57. The first kappa shape index (κ1) is 10.4. The third-order valence-corrected chi connectivity index (χ3v) is 1.99. The average molecular weight is 191 g/mol. The minimum atomic E-state index is -0.0452. The zero-order valence-electron chi connectivity index (χ0n) is 8.33. The number of benzene rings is 1. The van der Waals surface area contributed by atoms with Gasteiger partial charge in [0.1, 0.15) is 6.29 Å². The van der Waals surface area contributed by atoms with E-state index in [1.165, 1.54) is 0 Å². The van der Waals surface area contributed by atoms with Gasteiger partial charge in [-0.1, -0.05) is 19.1 Å². The molecule has 1 N–H and O–H groups in total. The van der Waals surface area contributed by atoms with Crippen LogP contribution < -0.4 is 5.32 Å². The van der Waals surface area contributed by atoms with Crippen LogP contribution in [-0.2, 0) is 4.79 Å². The van der Waals surface area contributed by atoms with Crippen LogP contribution in [0.1, 0.15) is 29.3 Å².